The molecule has 0 spiro atoms. The van der Waals surface area contributed by atoms with Crippen LogP contribution in [0.4, 0.5) is 5.13 Å². The smallest absolute Gasteiger partial charge is 0.257 e. The maximum atomic E-state index is 12.1. The summed E-state index contributed by atoms with van der Waals surface area (Å²) in [6.45, 7) is 1.85. The van der Waals surface area contributed by atoms with E-state index in [1.165, 1.54) is 11.3 Å². The zero-order chi connectivity index (χ0) is 13.4. The molecule has 0 unspecified atom stereocenters. The Bertz CT molecular complexity index is 634. The number of amides is 1. The summed E-state index contributed by atoms with van der Waals surface area (Å²) in [7, 11) is 0. The number of aryl methyl sites for hydroxylation is 1. The largest absolute Gasteiger partial charge is 0.327 e. The van der Waals surface area contributed by atoms with Gasteiger partial charge in [0.15, 0.2) is 0 Å². The van der Waals surface area contributed by atoms with E-state index in [1.807, 2.05) is 25.1 Å². The van der Waals surface area contributed by atoms with Gasteiger partial charge in [-0.15, -0.1) is 35.0 Å². The van der Waals surface area contributed by atoms with Gasteiger partial charge in [0, 0.05) is 17.5 Å². The Labute approximate surface area is 139 Å². The monoisotopic (exact) mass is 346 g/mol. The number of rotatable bonds is 3. The van der Waals surface area contributed by atoms with Crippen molar-refractivity contribution in [2.75, 3.05) is 5.32 Å². The number of aromatic nitrogens is 2. The number of hydrogen-bond donors (Lipinski definition) is 2. The van der Waals surface area contributed by atoms with E-state index in [9.17, 15) is 4.79 Å². The highest BCUT2D eigenvalue weighted by Crippen LogP contribution is 2.39. The van der Waals surface area contributed by atoms with E-state index < -0.39 is 0 Å². The second kappa shape index (κ2) is 7.17. The van der Waals surface area contributed by atoms with E-state index in [0.717, 1.165) is 17.0 Å². The Balaban J connectivity index is 0.00000110. The first-order valence-corrected chi connectivity index (χ1v) is 6.92. The van der Waals surface area contributed by atoms with Crippen molar-refractivity contribution in [3.8, 4) is 0 Å². The summed E-state index contributed by atoms with van der Waals surface area (Å²) in [6.07, 6.45) is 1.00. The number of hydrogen-bond acceptors (Lipinski definition) is 5. The Morgan fingerprint density at radius 1 is 1.38 bits per heavy atom. The van der Waals surface area contributed by atoms with Crippen LogP contribution in [0.15, 0.2) is 24.3 Å². The molecule has 0 bridgehead atoms. The second-order valence-corrected chi connectivity index (χ2v) is 5.89. The van der Waals surface area contributed by atoms with E-state index in [2.05, 4.69) is 15.5 Å². The highest BCUT2D eigenvalue weighted by molar-refractivity contribution is 7.15. The zero-order valence-electron chi connectivity index (χ0n) is 11.3. The molecule has 1 aromatic heterocycles. The Hall–Kier alpha value is -1.21. The number of nitrogens with two attached hydrogens (primary N) is 1. The third-order valence-corrected chi connectivity index (χ3v) is 3.92. The summed E-state index contributed by atoms with van der Waals surface area (Å²) < 4.78 is 0. The average Bonchev–Trinajstić information content (AvgIpc) is 3.00. The molecule has 1 aromatic carbocycles. The second-order valence-electron chi connectivity index (χ2n) is 4.71. The molecule has 1 saturated carbocycles. The summed E-state index contributed by atoms with van der Waals surface area (Å²) in [5, 5.41) is 11.8. The fraction of sp³-hybridized carbons (Fsp3) is 0.308. The summed E-state index contributed by atoms with van der Waals surface area (Å²) in [6, 6.07) is 7.84. The van der Waals surface area contributed by atoms with Crippen molar-refractivity contribution in [1.82, 2.24) is 10.2 Å². The molecular weight excluding hydrogens is 331 g/mol. The number of benzene rings is 1. The van der Waals surface area contributed by atoms with Gasteiger partial charge in [-0.2, -0.15) is 0 Å². The van der Waals surface area contributed by atoms with Crippen LogP contribution in [0.1, 0.15) is 33.3 Å². The Morgan fingerprint density at radius 2 is 2.10 bits per heavy atom. The lowest BCUT2D eigenvalue weighted by Crippen LogP contribution is -2.12. The molecular formula is C13H16Cl2N4OS. The molecule has 0 saturated heterocycles. The molecule has 1 heterocycles. The van der Waals surface area contributed by atoms with Crippen molar-refractivity contribution in [2.24, 2.45) is 5.73 Å². The Kier molecular flexibility index (Phi) is 6.10. The van der Waals surface area contributed by atoms with Crippen molar-refractivity contribution in [1.29, 1.82) is 0 Å². The maximum absolute atomic E-state index is 12.1. The van der Waals surface area contributed by atoms with Crippen LogP contribution in [-0.2, 0) is 0 Å². The zero-order valence-corrected chi connectivity index (χ0v) is 13.7. The van der Waals surface area contributed by atoms with Gasteiger partial charge in [0.2, 0.25) is 5.13 Å². The van der Waals surface area contributed by atoms with Gasteiger partial charge in [0.1, 0.15) is 5.01 Å². The lowest BCUT2D eigenvalue weighted by molar-refractivity contribution is 0.102. The minimum absolute atomic E-state index is 0. The number of nitrogens with one attached hydrogen (secondary N) is 1. The Morgan fingerprint density at radius 3 is 2.67 bits per heavy atom. The van der Waals surface area contributed by atoms with Crippen LogP contribution in [0, 0.1) is 6.92 Å². The lowest BCUT2D eigenvalue weighted by Gasteiger charge is -2.04. The quantitative estimate of drug-likeness (QED) is 0.895. The number of nitrogens with zero attached hydrogens (tertiary/aromatic N) is 2. The molecule has 1 amide bonds. The number of anilines is 1. The van der Waals surface area contributed by atoms with Crippen molar-refractivity contribution in [2.45, 2.75) is 25.3 Å². The predicted octanol–water partition coefficient (Wildman–Crippen LogP) is 2.76. The van der Waals surface area contributed by atoms with Crippen LogP contribution >= 0.6 is 36.2 Å². The molecule has 0 aliphatic heterocycles. The number of carbonyl (C=O) groups is 1. The van der Waals surface area contributed by atoms with Gasteiger partial charge >= 0.3 is 0 Å². The maximum Gasteiger partial charge on any atom is 0.257 e. The van der Waals surface area contributed by atoms with E-state index in [0.29, 0.717) is 16.6 Å². The molecule has 114 valence electrons. The van der Waals surface area contributed by atoms with Gasteiger partial charge in [-0.25, -0.2) is 0 Å². The normalized spacial score (nSPS) is 19.1. The summed E-state index contributed by atoms with van der Waals surface area (Å²) >= 11 is 1.36. The molecule has 0 radical (unpaired) electrons. The average molecular weight is 347 g/mol. The van der Waals surface area contributed by atoms with Crippen LogP contribution in [0.3, 0.4) is 0 Å². The molecule has 3 rings (SSSR count). The molecule has 1 fully saturated rings. The lowest BCUT2D eigenvalue weighted by atomic mass is 10.1. The van der Waals surface area contributed by atoms with E-state index >= 15 is 0 Å². The van der Waals surface area contributed by atoms with Gasteiger partial charge in [0.05, 0.1) is 0 Å². The van der Waals surface area contributed by atoms with Crippen LogP contribution in [0.5, 0.6) is 0 Å². The summed E-state index contributed by atoms with van der Waals surface area (Å²) in [5.41, 5.74) is 7.60. The topological polar surface area (TPSA) is 80.9 Å². The SMILES string of the molecule is Cc1nnc(NC(=O)c2cccc([C@@H]3C[C@H]3N)c2)s1.Cl.Cl. The molecule has 1 aliphatic carbocycles. The first-order chi connectivity index (χ1) is 9.13. The molecule has 8 heteroatoms. The predicted molar refractivity (Wildman–Crippen MR) is 88.9 cm³/mol. The first-order valence-electron chi connectivity index (χ1n) is 6.10. The molecule has 21 heavy (non-hydrogen) atoms. The molecule has 2 aromatic rings. The summed E-state index contributed by atoms with van der Waals surface area (Å²) in [4.78, 5) is 12.1. The number of carbonyl (C=O) groups excluding carboxylic acids is 1. The van der Waals surface area contributed by atoms with Crippen molar-refractivity contribution in [3.63, 3.8) is 0 Å². The van der Waals surface area contributed by atoms with Gasteiger partial charge in [0.25, 0.3) is 5.91 Å². The van der Waals surface area contributed by atoms with Gasteiger partial charge in [-0.1, -0.05) is 23.5 Å². The number of halogens is 2. The van der Waals surface area contributed by atoms with Crippen molar-refractivity contribution < 1.29 is 4.79 Å². The fourth-order valence-electron chi connectivity index (χ4n) is 2.02. The fourth-order valence-corrected chi connectivity index (χ4v) is 2.61. The van der Waals surface area contributed by atoms with E-state index in [1.54, 1.807) is 6.07 Å². The summed E-state index contributed by atoms with van der Waals surface area (Å²) in [5.74, 6) is 0.240. The van der Waals surface area contributed by atoms with Gasteiger partial charge < -0.3 is 5.73 Å². The van der Waals surface area contributed by atoms with Crippen LogP contribution < -0.4 is 11.1 Å². The molecule has 2 atom stereocenters. The van der Waals surface area contributed by atoms with Crippen molar-refractivity contribution >= 4 is 47.2 Å². The molecule has 5 nitrogen and oxygen atoms in total. The van der Waals surface area contributed by atoms with E-state index in [-0.39, 0.29) is 36.8 Å². The first kappa shape index (κ1) is 17.8. The molecule has 1 aliphatic rings. The molecule has 3 N–H and O–H groups in total. The van der Waals surface area contributed by atoms with E-state index in [4.69, 9.17) is 5.73 Å². The highest BCUT2D eigenvalue weighted by atomic mass is 35.5. The standard InChI is InChI=1S/C13H14N4OS.2ClH/c1-7-16-17-13(19-7)15-12(18)9-4-2-3-8(5-9)10-6-11(10)14;;/h2-5,10-11H,6,14H2,1H3,(H,15,17,18);2*1H/t10-,11+;;/m0../s1. The third kappa shape index (κ3) is 4.14. The minimum atomic E-state index is -0.160. The van der Waals surface area contributed by atoms with Gasteiger partial charge in [-0.05, 0) is 31.0 Å². The minimum Gasteiger partial charge on any atom is -0.327 e. The van der Waals surface area contributed by atoms with Crippen LogP contribution in [0.25, 0.3) is 0 Å². The third-order valence-electron chi connectivity index (χ3n) is 3.16. The highest BCUT2D eigenvalue weighted by Gasteiger charge is 2.34. The van der Waals surface area contributed by atoms with Gasteiger partial charge in [-0.3, -0.25) is 10.1 Å². The van der Waals surface area contributed by atoms with Crippen molar-refractivity contribution in [3.05, 3.63) is 40.4 Å². The van der Waals surface area contributed by atoms with Crippen LogP contribution in [-0.4, -0.2) is 22.1 Å². The van der Waals surface area contributed by atoms with Crippen LogP contribution in [0.2, 0.25) is 0 Å².